The molecule has 1 aromatic carbocycles. The molecule has 13 nitrogen and oxygen atoms in total. The number of phenols is 2. The van der Waals surface area contributed by atoms with Crippen LogP contribution in [0.4, 0.5) is 5.82 Å². The van der Waals surface area contributed by atoms with E-state index in [0.29, 0.717) is 23.5 Å². The zero-order valence-electron chi connectivity index (χ0n) is 16.7. The Balaban J connectivity index is 1.63. The maximum Gasteiger partial charge on any atom is 0.292 e. The van der Waals surface area contributed by atoms with Crippen LogP contribution < -0.4 is 11.2 Å². The maximum atomic E-state index is 13.0. The number of likely N-dealkylation sites (tertiary alicyclic amines) is 1. The minimum atomic E-state index is -0.598. The van der Waals surface area contributed by atoms with Crippen LogP contribution >= 0.6 is 0 Å². The Morgan fingerprint density at radius 1 is 1.29 bits per heavy atom. The van der Waals surface area contributed by atoms with Gasteiger partial charge in [0, 0.05) is 18.2 Å². The van der Waals surface area contributed by atoms with Crippen molar-refractivity contribution in [3.8, 4) is 17.3 Å². The molecule has 13 heteroatoms. The summed E-state index contributed by atoms with van der Waals surface area (Å²) in [5, 5.41) is 38.9. The molecule has 1 aliphatic rings. The van der Waals surface area contributed by atoms with Crippen LogP contribution in [-0.4, -0.2) is 65.1 Å². The number of hydrogen-bond acceptors (Lipinski definition) is 11. The lowest BCUT2D eigenvalue weighted by Crippen LogP contribution is -2.26. The predicted molar refractivity (Wildman–Crippen MR) is 108 cm³/mol. The van der Waals surface area contributed by atoms with Gasteiger partial charge in [0.2, 0.25) is 11.6 Å². The van der Waals surface area contributed by atoms with E-state index in [1.165, 1.54) is 18.2 Å². The molecule has 2 aromatic heterocycles. The number of aromatic hydroxyl groups is 2. The number of carbonyl (C=O) groups is 1. The molecule has 1 saturated heterocycles. The molecular weight excluding hydrogens is 406 g/mol. The van der Waals surface area contributed by atoms with Crippen LogP contribution in [-0.2, 0) is 6.54 Å². The van der Waals surface area contributed by atoms with Crippen LogP contribution in [0.2, 0.25) is 0 Å². The molecule has 31 heavy (non-hydrogen) atoms. The number of phenolic OH excluding ortho intramolecular Hbond substituents is 2. The lowest BCUT2D eigenvalue weighted by Gasteiger charge is -2.13. The van der Waals surface area contributed by atoms with Gasteiger partial charge in [-0.1, -0.05) is 5.21 Å². The Bertz CT molecular complexity index is 1130. The molecule has 0 spiro atoms. The van der Waals surface area contributed by atoms with Gasteiger partial charge in [-0.3, -0.25) is 9.69 Å². The van der Waals surface area contributed by atoms with Crippen molar-refractivity contribution in [1.29, 1.82) is 0 Å². The second kappa shape index (κ2) is 8.39. The van der Waals surface area contributed by atoms with Crippen LogP contribution in [0.3, 0.4) is 0 Å². The third-order valence-electron chi connectivity index (χ3n) is 4.92. The molecule has 3 aromatic rings. The van der Waals surface area contributed by atoms with Crippen molar-refractivity contribution < 1.29 is 19.6 Å². The first-order chi connectivity index (χ1) is 14.9. The molecule has 0 saturated carbocycles. The highest BCUT2D eigenvalue weighted by Crippen LogP contribution is 2.23. The van der Waals surface area contributed by atoms with E-state index in [9.17, 15) is 15.0 Å². The molecule has 3 heterocycles. The Kier molecular flexibility index (Phi) is 5.49. The van der Waals surface area contributed by atoms with Crippen molar-refractivity contribution in [3.05, 3.63) is 35.2 Å². The summed E-state index contributed by atoms with van der Waals surface area (Å²) in [6, 6.07) is 4.08. The topological polar surface area (TPSA) is 181 Å². The number of hydrazone groups is 1. The lowest BCUT2D eigenvalue weighted by molar-refractivity contribution is 0.0944. The molecule has 4 rings (SSSR count). The molecule has 0 aliphatic carbocycles. The monoisotopic (exact) mass is 427 g/mol. The summed E-state index contributed by atoms with van der Waals surface area (Å²) in [7, 11) is 0. The van der Waals surface area contributed by atoms with E-state index < -0.39 is 5.91 Å². The van der Waals surface area contributed by atoms with E-state index >= 15 is 0 Å². The summed E-state index contributed by atoms with van der Waals surface area (Å²) in [6.07, 6.45) is 2.16. The number of anilines is 1. The van der Waals surface area contributed by atoms with Gasteiger partial charge in [0.1, 0.15) is 17.2 Å². The minimum Gasteiger partial charge on any atom is -0.508 e. The Hall–Kier alpha value is -4.00. The molecule has 1 amide bonds. The number of amides is 1. The fraction of sp³-hybridized carbons (Fsp3) is 0.333. The molecule has 0 bridgehead atoms. The Morgan fingerprint density at radius 3 is 2.74 bits per heavy atom. The van der Waals surface area contributed by atoms with Crippen molar-refractivity contribution in [2.75, 3.05) is 18.8 Å². The molecule has 0 unspecified atom stereocenters. The van der Waals surface area contributed by atoms with E-state index in [1.807, 2.05) is 0 Å². The second-order valence-corrected chi connectivity index (χ2v) is 7.09. The van der Waals surface area contributed by atoms with Gasteiger partial charge in [-0.2, -0.15) is 9.78 Å². The van der Waals surface area contributed by atoms with Gasteiger partial charge in [-0.25, -0.2) is 10.1 Å². The first-order valence-electron chi connectivity index (χ1n) is 9.56. The smallest absolute Gasteiger partial charge is 0.292 e. The van der Waals surface area contributed by atoms with Gasteiger partial charge >= 0.3 is 0 Å². The first-order valence-corrected chi connectivity index (χ1v) is 9.56. The highest BCUT2D eigenvalue weighted by atomic mass is 16.6. The predicted octanol–water partition coefficient (Wildman–Crippen LogP) is 0.394. The van der Waals surface area contributed by atoms with Crippen molar-refractivity contribution in [3.63, 3.8) is 0 Å². The summed E-state index contributed by atoms with van der Waals surface area (Å²) in [4.78, 5) is 15.2. The number of benzene rings is 1. The fourth-order valence-corrected chi connectivity index (χ4v) is 3.36. The van der Waals surface area contributed by atoms with E-state index in [-0.39, 0.29) is 28.8 Å². The van der Waals surface area contributed by atoms with Gasteiger partial charge < -0.3 is 15.9 Å². The van der Waals surface area contributed by atoms with E-state index in [4.69, 9.17) is 5.73 Å². The summed E-state index contributed by atoms with van der Waals surface area (Å²) in [5.41, 5.74) is 9.43. The van der Waals surface area contributed by atoms with Crippen LogP contribution in [0.25, 0.3) is 5.82 Å². The first kappa shape index (κ1) is 20.3. The van der Waals surface area contributed by atoms with Crippen molar-refractivity contribution in [2.45, 2.75) is 26.3 Å². The quantitative estimate of drug-likeness (QED) is 0.317. The molecule has 1 fully saturated rings. The molecule has 0 atom stereocenters. The average molecular weight is 427 g/mol. The Labute approximate surface area is 176 Å². The van der Waals surface area contributed by atoms with E-state index in [0.717, 1.165) is 30.6 Å². The highest BCUT2D eigenvalue weighted by molar-refractivity contribution is 6.02. The van der Waals surface area contributed by atoms with Crippen molar-refractivity contribution in [1.82, 2.24) is 35.6 Å². The SMILES string of the molecule is C/C(=N/NC(=O)c1c(CN2CCCC2)nnn1-c1nonc1N)c1ccc(O)cc1O. The molecular formula is C18H21N9O4. The lowest BCUT2D eigenvalue weighted by atomic mass is 10.1. The number of nitrogen functional groups attached to an aromatic ring is 1. The van der Waals surface area contributed by atoms with Gasteiger partial charge in [0.15, 0.2) is 5.69 Å². The second-order valence-electron chi connectivity index (χ2n) is 7.09. The number of rotatable bonds is 6. The molecule has 1 aliphatic heterocycles. The van der Waals surface area contributed by atoms with Crippen LogP contribution in [0.1, 0.15) is 41.5 Å². The van der Waals surface area contributed by atoms with Gasteiger partial charge in [-0.15, -0.1) is 5.10 Å². The minimum absolute atomic E-state index is 0.0413. The normalized spacial score (nSPS) is 14.8. The number of carbonyl (C=O) groups excluding carboxylic acids is 1. The van der Waals surface area contributed by atoms with E-state index in [2.05, 4.69) is 40.7 Å². The van der Waals surface area contributed by atoms with E-state index in [1.54, 1.807) is 6.92 Å². The van der Waals surface area contributed by atoms with Crippen LogP contribution in [0.15, 0.2) is 27.9 Å². The molecule has 5 N–H and O–H groups in total. The highest BCUT2D eigenvalue weighted by Gasteiger charge is 2.27. The van der Waals surface area contributed by atoms with Gasteiger partial charge in [0.05, 0.1) is 5.71 Å². The average Bonchev–Trinajstić information content (AvgIpc) is 3.47. The number of nitrogens with zero attached hydrogens (tertiary/aromatic N) is 7. The summed E-state index contributed by atoms with van der Waals surface area (Å²) in [5.74, 6) is -0.849. The third kappa shape index (κ3) is 4.16. The standard InChI is InChI=1S/C18H21N9O4/c1-10(12-5-4-11(28)8-14(12)29)20-22-18(30)15-13(9-26-6-2-3-7-26)21-25-27(15)17-16(19)23-31-24-17/h4-5,8,28-29H,2-3,6-7,9H2,1H3,(H2,19,23)(H,22,30)/b20-10-. The number of aromatic nitrogens is 5. The number of nitrogens with two attached hydrogens (primary N) is 1. The van der Waals surface area contributed by atoms with Gasteiger partial charge in [0.25, 0.3) is 5.91 Å². The van der Waals surface area contributed by atoms with Crippen molar-refractivity contribution in [2.24, 2.45) is 5.10 Å². The molecule has 0 radical (unpaired) electrons. The third-order valence-corrected chi connectivity index (χ3v) is 4.92. The van der Waals surface area contributed by atoms with Gasteiger partial charge in [-0.05, 0) is 55.3 Å². The zero-order chi connectivity index (χ0) is 22.0. The largest absolute Gasteiger partial charge is 0.508 e. The van der Waals surface area contributed by atoms with Crippen LogP contribution in [0, 0.1) is 0 Å². The summed E-state index contributed by atoms with van der Waals surface area (Å²) >= 11 is 0. The number of nitrogens with one attached hydrogen (secondary N) is 1. The molecule has 162 valence electrons. The van der Waals surface area contributed by atoms with Crippen molar-refractivity contribution >= 4 is 17.4 Å². The Morgan fingerprint density at radius 2 is 2.06 bits per heavy atom. The number of hydrogen-bond donors (Lipinski definition) is 4. The summed E-state index contributed by atoms with van der Waals surface area (Å²) < 4.78 is 5.79. The van der Waals surface area contributed by atoms with Crippen LogP contribution in [0.5, 0.6) is 11.5 Å². The fourth-order valence-electron chi connectivity index (χ4n) is 3.36. The maximum absolute atomic E-state index is 13.0. The summed E-state index contributed by atoms with van der Waals surface area (Å²) in [6.45, 7) is 3.83. The zero-order valence-corrected chi connectivity index (χ0v) is 16.7.